The topological polar surface area (TPSA) is 73.6 Å². The standard InChI is InChI=1S/C14H17ClN2O3.ClH/c1-14(6-16,9-2-3-9)17-13(18)8-4-10(15)12-11(5-8)19-7-20-12;/h4-5,9H,2-3,6-7,16H2,1H3,(H,17,18);1H. The van der Waals surface area contributed by atoms with Crippen LogP contribution in [0.3, 0.4) is 0 Å². The van der Waals surface area contributed by atoms with E-state index in [1.54, 1.807) is 12.1 Å². The van der Waals surface area contributed by atoms with E-state index in [9.17, 15) is 4.79 Å². The van der Waals surface area contributed by atoms with Crippen LogP contribution in [0.4, 0.5) is 0 Å². The lowest BCUT2D eigenvalue weighted by molar-refractivity contribution is 0.0897. The number of benzene rings is 1. The first-order valence-electron chi connectivity index (χ1n) is 6.65. The second-order valence-corrected chi connectivity index (χ2v) is 5.95. The Morgan fingerprint density at radius 1 is 1.48 bits per heavy atom. The third-order valence-corrected chi connectivity index (χ3v) is 4.27. The van der Waals surface area contributed by atoms with Crippen LogP contribution in [0, 0.1) is 5.92 Å². The number of halogens is 2. The molecule has 1 aromatic rings. The third kappa shape index (κ3) is 3.05. The summed E-state index contributed by atoms with van der Waals surface area (Å²) in [7, 11) is 0. The quantitative estimate of drug-likeness (QED) is 0.887. The molecular weight excluding hydrogens is 315 g/mol. The number of nitrogens with two attached hydrogens (primary N) is 1. The number of amides is 1. The molecule has 1 atom stereocenters. The summed E-state index contributed by atoms with van der Waals surface area (Å²) in [6.07, 6.45) is 2.21. The zero-order valence-corrected chi connectivity index (χ0v) is 13.2. The highest BCUT2D eigenvalue weighted by Gasteiger charge is 2.41. The number of fused-ring (bicyclic) bond motifs is 1. The van der Waals surface area contributed by atoms with Gasteiger partial charge in [0.25, 0.3) is 5.91 Å². The van der Waals surface area contributed by atoms with Gasteiger partial charge in [-0.15, -0.1) is 12.4 Å². The van der Waals surface area contributed by atoms with Crippen molar-refractivity contribution in [3.05, 3.63) is 22.7 Å². The Labute approximate surface area is 134 Å². The predicted molar refractivity (Wildman–Crippen MR) is 82.5 cm³/mol. The van der Waals surface area contributed by atoms with E-state index in [0.29, 0.717) is 34.5 Å². The molecule has 0 radical (unpaired) electrons. The molecule has 3 rings (SSSR count). The van der Waals surface area contributed by atoms with Gasteiger partial charge >= 0.3 is 0 Å². The van der Waals surface area contributed by atoms with Gasteiger partial charge in [-0.1, -0.05) is 11.6 Å². The predicted octanol–water partition coefficient (Wildman–Crippen LogP) is 2.35. The van der Waals surface area contributed by atoms with Gasteiger partial charge < -0.3 is 20.5 Å². The van der Waals surface area contributed by atoms with Gasteiger partial charge in [-0.2, -0.15) is 0 Å². The van der Waals surface area contributed by atoms with E-state index < -0.39 is 0 Å². The minimum atomic E-state index is -0.361. The van der Waals surface area contributed by atoms with Crippen molar-refractivity contribution in [2.75, 3.05) is 13.3 Å². The molecule has 2 aliphatic rings. The van der Waals surface area contributed by atoms with Crippen molar-refractivity contribution in [2.45, 2.75) is 25.3 Å². The third-order valence-electron chi connectivity index (χ3n) is 3.99. The monoisotopic (exact) mass is 332 g/mol. The maximum absolute atomic E-state index is 12.4. The molecule has 3 N–H and O–H groups in total. The Hall–Kier alpha value is -1.17. The van der Waals surface area contributed by atoms with Crippen LogP contribution >= 0.6 is 24.0 Å². The van der Waals surface area contributed by atoms with Crippen molar-refractivity contribution in [1.29, 1.82) is 0 Å². The molecule has 1 heterocycles. The molecule has 0 bridgehead atoms. The van der Waals surface area contributed by atoms with E-state index in [2.05, 4.69) is 5.32 Å². The van der Waals surface area contributed by atoms with E-state index in [4.69, 9.17) is 26.8 Å². The molecule has 1 aromatic carbocycles. The molecule has 1 saturated carbocycles. The minimum absolute atomic E-state index is 0. The van der Waals surface area contributed by atoms with Crippen molar-refractivity contribution in [3.8, 4) is 11.5 Å². The van der Waals surface area contributed by atoms with E-state index in [-0.39, 0.29) is 30.6 Å². The van der Waals surface area contributed by atoms with Crippen LogP contribution in [0.5, 0.6) is 11.5 Å². The number of ether oxygens (including phenoxy) is 2. The summed E-state index contributed by atoms with van der Waals surface area (Å²) in [5, 5.41) is 3.40. The lowest BCUT2D eigenvalue weighted by atomic mass is 9.95. The van der Waals surface area contributed by atoms with Crippen LogP contribution in [0.2, 0.25) is 5.02 Å². The number of carbonyl (C=O) groups excluding carboxylic acids is 1. The largest absolute Gasteiger partial charge is 0.454 e. The van der Waals surface area contributed by atoms with Crippen LogP contribution < -0.4 is 20.5 Å². The maximum Gasteiger partial charge on any atom is 0.251 e. The van der Waals surface area contributed by atoms with Gasteiger partial charge in [0, 0.05) is 12.1 Å². The highest BCUT2D eigenvalue weighted by atomic mass is 35.5. The number of hydrogen-bond acceptors (Lipinski definition) is 4. The van der Waals surface area contributed by atoms with E-state index >= 15 is 0 Å². The molecule has 5 nitrogen and oxygen atoms in total. The average Bonchev–Trinajstić information content (AvgIpc) is 3.18. The SMILES string of the molecule is CC(CN)(NC(=O)c1cc(Cl)c2c(c1)OCO2)C1CC1.Cl. The molecule has 21 heavy (non-hydrogen) atoms. The summed E-state index contributed by atoms with van der Waals surface area (Å²) in [5.74, 6) is 1.27. The van der Waals surface area contributed by atoms with Gasteiger partial charge in [0.15, 0.2) is 11.5 Å². The van der Waals surface area contributed by atoms with Gasteiger partial charge in [0.1, 0.15) is 0 Å². The first-order chi connectivity index (χ1) is 9.53. The van der Waals surface area contributed by atoms with Crippen molar-refractivity contribution in [2.24, 2.45) is 11.7 Å². The fourth-order valence-electron chi connectivity index (χ4n) is 2.47. The Morgan fingerprint density at radius 3 is 2.81 bits per heavy atom. The molecule has 1 amide bonds. The lowest BCUT2D eigenvalue weighted by Gasteiger charge is -2.29. The average molecular weight is 333 g/mol. The number of nitrogens with one attached hydrogen (secondary N) is 1. The lowest BCUT2D eigenvalue weighted by Crippen LogP contribution is -2.53. The van der Waals surface area contributed by atoms with Crippen molar-refractivity contribution in [3.63, 3.8) is 0 Å². The van der Waals surface area contributed by atoms with Crippen molar-refractivity contribution < 1.29 is 14.3 Å². The molecule has 7 heteroatoms. The van der Waals surface area contributed by atoms with Crippen LogP contribution in [-0.4, -0.2) is 24.8 Å². The summed E-state index contributed by atoms with van der Waals surface area (Å²) in [6.45, 7) is 2.53. The van der Waals surface area contributed by atoms with Gasteiger partial charge in [-0.05, 0) is 37.8 Å². The second-order valence-electron chi connectivity index (χ2n) is 5.54. The van der Waals surface area contributed by atoms with Crippen molar-refractivity contribution >= 4 is 29.9 Å². The zero-order chi connectivity index (χ0) is 14.3. The summed E-state index contributed by atoms with van der Waals surface area (Å²) in [6, 6.07) is 3.24. The molecule has 0 saturated heterocycles. The maximum atomic E-state index is 12.4. The zero-order valence-electron chi connectivity index (χ0n) is 11.6. The summed E-state index contributed by atoms with van der Waals surface area (Å²) < 4.78 is 10.5. The minimum Gasteiger partial charge on any atom is -0.454 e. The van der Waals surface area contributed by atoms with Gasteiger partial charge in [0.2, 0.25) is 6.79 Å². The first-order valence-corrected chi connectivity index (χ1v) is 7.03. The van der Waals surface area contributed by atoms with Crippen LogP contribution in [0.1, 0.15) is 30.1 Å². The molecule has 0 spiro atoms. The fraction of sp³-hybridized carbons (Fsp3) is 0.500. The molecule has 1 fully saturated rings. The van der Waals surface area contributed by atoms with E-state index in [0.717, 1.165) is 12.8 Å². The second kappa shape index (κ2) is 5.91. The van der Waals surface area contributed by atoms with E-state index in [1.165, 1.54) is 0 Å². The van der Waals surface area contributed by atoms with Gasteiger partial charge in [0.05, 0.1) is 10.6 Å². The van der Waals surface area contributed by atoms with Gasteiger partial charge in [-0.25, -0.2) is 0 Å². The van der Waals surface area contributed by atoms with Crippen molar-refractivity contribution in [1.82, 2.24) is 5.32 Å². The van der Waals surface area contributed by atoms with E-state index in [1.807, 2.05) is 6.92 Å². The normalized spacial score (nSPS) is 18.6. The highest BCUT2D eigenvalue weighted by Crippen LogP contribution is 2.41. The molecule has 116 valence electrons. The molecule has 0 aromatic heterocycles. The Balaban J connectivity index is 0.00000161. The van der Waals surface area contributed by atoms with Crippen LogP contribution in [0.25, 0.3) is 0 Å². The number of carbonyl (C=O) groups is 1. The molecule has 1 aliphatic heterocycles. The first kappa shape index (κ1) is 16.2. The van der Waals surface area contributed by atoms with Crippen LogP contribution in [-0.2, 0) is 0 Å². The Kier molecular flexibility index (Phi) is 4.56. The van der Waals surface area contributed by atoms with Crippen LogP contribution in [0.15, 0.2) is 12.1 Å². The highest BCUT2D eigenvalue weighted by molar-refractivity contribution is 6.32. The number of hydrogen-bond donors (Lipinski definition) is 2. The Morgan fingerprint density at radius 2 is 2.19 bits per heavy atom. The molecule has 1 aliphatic carbocycles. The summed E-state index contributed by atoms with van der Waals surface area (Å²) >= 11 is 6.09. The summed E-state index contributed by atoms with van der Waals surface area (Å²) in [5.41, 5.74) is 5.91. The molecule has 1 unspecified atom stereocenters. The van der Waals surface area contributed by atoms with Gasteiger partial charge in [-0.3, -0.25) is 4.79 Å². The number of rotatable bonds is 4. The fourth-order valence-corrected chi connectivity index (χ4v) is 2.74. The summed E-state index contributed by atoms with van der Waals surface area (Å²) in [4.78, 5) is 12.4. The smallest absolute Gasteiger partial charge is 0.251 e. The Bertz CT molecular complexity index is 563. The molecular formula is C14H18Cl2N2O3.